The number of hydrogen-bond acceptors (Lipinski definition) is 5. The lowest BCUT2D eigenvalue weighted by molar-refractivity contribution is 0.197. The van der Waals surface area contributed by atoms with Crippen LogP contribution in [0.5, 0.6) is 0 Å². The van der Waals surface area contributed by atoms with Gasteiger partial charge in [0.1, 0.15) is 5.01 Å². The van der Waals surface area contributed by atoms with Gasteiger partial charge in [0.05, 0.1) is 6.04 Å². The van der Waals surface area contributed by atoms with E-state index < -0.39 is 0 Å². The molecule has 1 atom stereocenters. The number of thiazole rings is 1. The van der Waals surface area contributed by atoms with Crippen molar-refractivity contribution < 1.29 is 4.74 Å². The highest BCUT2D eigenvalue weighted by molar-refractivity contribution is 7.11. The van der Waals surface area contributed by atoms with Gasteiger partial charge in [0.15, 0.2) is 0 Å². The van der Waals surface area contributed by atoms with E-state index in [1.54, 1.807) is 18.4 Å². The number of rotatable bonds is 8. The van der Waals surface area contributed by atoms with Gasteiger partial charge in [0.25, 0.3) is 0 Å². The molecular weight excluding hydrogens is 272 g/mol. The monoisotopic (exact) mass is 294 g/mol. The van der Waals surface area contributed by atoms with Gasteiger partial charge in [-0.15, -0.1) is 11.3 Å². The second-order valence-electron chi connectivity index (χ2n) is 4.63. The summed E-state index contributed by atoms with van der Waals surface area (Å²) < 4.78 is 7.18. The summed E-state index contributed by atoms with van der Waals surface area (Å²) in [7, 11) is 1.72. The zero-order chi connectivity index (χ0) is 14.4. The molecule has 0 bridgehead atoms. The standard InChI is InChI=1S/C14H22N4OS/c1-4-12-10-17-13(20-12)11(2)18-8-7-16-14(18)15-6-5-9-19-3/h7-8,10-11H,4-6,9H2,1-3H3,(H,15,16). The van der Waals surface area contributed by atoms with Crippen LogP contribution in [0.25, 0.3) is 0 Å². The van der Waals surface area contributed by atoms with Crippen molar-refractivity contribution in [1.82, 2.24) is 14.5 Å². The van der Waals surface area contributed by atoms with Crippen LogP contribution in [0, 0.1) is 0 Å². The third-order valence-corrected chi connectivity index (χ3v) is 4.48. The lowest BCUT2D eigenvalue weighted by Crippen LogP contribution is -2.13. The van der Waals surface area contributed by atoms with Crippen LogP contribution in [0.2, 0.25) is 0 Å². The molecule has 2 aromatic rings. The van der Waals surface area contributed by atoms with E-state index in [1.807, 2.05) is 18.6 Å². The Morgan fingerprint density at radius 3 is 3.00 bits per heavy atom. The molecule has 0 fully saturated rings. The Morgan fingerprint density at radius 2 is 2.30 bits per heavy atom. The number of nitrogens with zero attached hydrogens (tertiary/aromatic N) is 3. The van der Waals surface area contributed by atoms with Crippen LogP contribution in [-0.4, -0.2) is 34.8 Å². The number of anilines is 1. The molecule has 0 aromatic carbocycles. The average Bonchev–Trinajstić information content (AvgIpc) is 3.11. The fourth-order valence-corrected chi connectivity index (χ4v) is 2.89. The maximum Gasteiger partial charge on any atom is 0.203 e. The van der Waals surface area contributed by atoms with E-state index in [-0.39, 0.29) is 6.04 Å². The van der Waals surface area contributed by atoms with Crippen molar-refractivity contribution >= 4 is 17.3 Å². The molecule has 20 heavy (non-hydrogen) atoms. The summed E-state index contributed by atoms with van der Waals surface area (Å²) in [5.41, 5.74) is 0. The Hall–Kier alpha value is -1.40. The Kier molecular flexibility index (Phi) is 5.55. The zero-order valence-electron chi connectivity index (χ0n) is 12.3. The lowest BCUT2D eigenvalue weighted by atomic mass is 10.3. The minimum absolute atomic E-state index is 0.202. The first-order chi connectivity index (χ1) is 9.76. The van der Waals surface area contributed by atoms with E-state index in [0.29, 0.717) is 0 Å². The van der Waals surface area contributed by atoms with Gasteiger partial charge in [0, 0.05) is 43.7 Å². The van der Waals surface area contributed by atoms with Gasteiger partial charge in [-0.3, -0.25) is 0 Å². The highest BCUT2D eigenvalue weighted by Crippen LogP contribution is 2.25. The number of imidazole rings is 1. The molecule has 5 nitrogen and oxygen atoms in total. The SMILES string of the molecule is CCc1cnc(C(C)n2ccnc2NCCCOC)s1. The van der Waals surface area contributed by atoms with E-state index in [2.05, 4.69) is 33.7 Å². The van der Waals surface area contributed by atoms with Gasteiger partial charge >= 0.3 is 0 Å². The Balaban J connectivity index is 2.02. The predicted molar refractivity (Wildman–Crippen MR) is 82.5 cm³/mol. The van der Waals surface area contributed by atoms with Gasteiger partial charge in [-0.05, 0) is 19.8 Å². The molecule has 0 saturated carbocycles. The maximum absolute atomic E-state index is 5.05. The quantitative estimate of drug-likeness (QED) is 0.761. The van der Waals surface area contributed by atoms with Crippen LogP contribution in [0.1, 0.15) is 36.2 Å². The summed E-state index contributed by atoms with van der Waals surface area (Å²) in [6, 6.07) is 0.202. The number of hydrogen-bond donors (Lipinski definition) is 1. The van der Waals surface area contributed by atoms with Gasteiger partial charge in [-0.25, -0.2) is 9.97 Å². The minimum Gasteiger partial charge on any atom is -0.385 e. The number of ether oxygens (including phenoxy) is 1. The molecule has 1 N–H and O–H groups in total. The van der Waals surface area contributed by atoms with E-state index in [9.17, 15) is 0 Å². The van der Waals surface area contributed by atoms with Gasteiger partial charge in [-0.1, -0.05) is 6.92 Å². The molecular formula is C14H22N4OS. The van der Waals surface area contributed by atoms with Gasteiger partial charge < -0.3 is 14.6 Å². The van der Waals surface area contributed by atoms with Crippen LogP contribution in [0.15, 0.2) is 18.6 Å². The van der Waals surface area contributed by atoms with E-state index in [1.165, 1.54) is 4.88 Å². The third kappa shape index (κ3) is 3.58. The third-order valence-electron chi connectivity index (χ3n) is 3.17. The molecule has 2 aromatic heterocycles. The molecule has 0 radical (unpaired) electrons. The first-order valence-electron chi connectivity index (χ1n) is 6.96. The van der Waals surface area contributed by atoms with Crippen LogP contribution in [0.3, 0.4) is 0 Å². The molecule has 0 saturated heterocycles. The van der Waals surface area contributed by atoms with Gasteiger partial charge in [-0.2, -0.15) is 0 Å². The van der Waals surface area contributed by atoms with E-state index >= 15 is 0 Å². The molecule has 0 aliphatic carbocycles. The Bertz CT molecular complexity index is 523. The van der Waals surface area contributed by atoms with Crippen molar-refractivity contribution in [2.24, 2.45) is 0 Å². The topological polar surface area (TPSA) is 52.0 Å². The van der Waals surface area contributed by atoms with Crippen molar-refractivity contribution in [3.63, 3.8) is 0 Å². The molecule has 2 rings (SSSR count). The largest absolute Gasteiger partial charge is 0.385 e. The number of methoxy groups -OCH3 is 1. The molecule has 6 heteroatoms. The van der Waals surface area contributed by atoms with Crippen LogP contribution in [-0.2, 0) is 11.2 Å². The summed E-state index contributed by atoms with van der Waals surface area (Å²) >= 11 is 1.77. The lowest BCUT2D eigenvalue weighted by Gasteiger charge is -2.14. The van der Waals surface area contributed by atoms with Crippen LogP contribution >= 0.6 is 11.3 Å². The summed E-state index contributed by atoms with van der Waals surface area (Å²) in [6.45, 7) is 5.92. The van der Waals surface area contributed by atoms with Crippen molar-refractivity contribution in [1.29, 1.82) is 0 Å². The van der Waals surface area contributed by atoms with Crippen molar-refractivity contribution in [3.8, 4) is 0 Å². The highest BCUT2D eigenvalue weighted by atomic mass is 32.1. The zero-order valence-corrected chi connectivity index (χ0v) is 13.1. The first-order valence-corrected chi connectivity index (χ1v) is 7.78. The molecule has 0 amide bonds. The van der Waals surface area contributed by atoms with Crippen molar-refractivity contribution in [2.45, 2.75) is 32.7 Å². The minimum atomic E-state index is 0.202. The average molecular weight is 294 g/mol. The second-order valence-corrected chi connectivity index (χ2v) is 5.77. The van der Waals surface area contributed by atoms with E-state index in [0.717, 1.165) is 36.9 Å². The summed E-state index contributed by atoms with van der Waals surface area (Å²) in [4.78, 5) is 10.2. The number of aromatic nitrogens is 3. The summed E-state index contributed by atoms with van der Waals surface area (Å²) in [5.74, 6) is 0.891. The number of aryl methyl sites for hydroxylation is 1. The molecule has 1 unspecified atom stereocenters. The molecule has 0 aliphatic rings. The Morgan fingerprint density at radius 1 is 1.45 bits per heavy atom. The molecule has 2 heterocycles. The first kappa shape index (κ1) is 15.0. The Labute approximate surface area is 124 Å². The predicted octanol–water partition coefficient (Wildman–Crippen LogP) is 2.96. The highest BCUT2D eigenvalue weighted by Gasteiger charge is 2.15. The summed E-state index contributed by atoms with van der Waals surface area (Å²) in [5, 5.41) is 4.47. The van der Waals surface area contributed by atoms with Crippen molar-refractivity contribution in [2.75, 3.05) is 25.6 Å². The van der Waals surface area contributed by atoms with E-state index in [4.69, 9.17) is 4.74 Å². The van der Waals surface area contributed by atoms with Crippen LogP contribution < -0.4 is 5.32 Å². The smallest absolute Gasteiger partial charge is 0.203 e. The maximum atomic E-state index is 5.05. The molecule has 0 spiro atoms. The molecule has 110 valence electrons. The number of nitrogens with one attached hydrogen (secondary N) is 1. The normalized spacial score (nSPS) is 12.6. The van der Waals surface area contributed by atoms with Crippen molar-refractivity contribution in [3.05, 3.63) is 28.5 Å². The molecule has 0 aliphatic heterocycles. The van der Waals surface area contributed by atoms with Gasteiger partial charge in [0.2, 0.25) is 5.95 Å². The fraction of sp³-hybridized carbons (Fsp3) is 0.571. The van der Waals surface area contributed by atoms with Crippen LogP contribution in [0.4, 0.5) is 5.95 Å². The summed E-state index contributed by atoms with van der Waals surface area (Å²) in [6.07, 6.45) is 7.80. The second kappa shape index (κ2) is 7.40. The fourth-order valence-electron chi connectivity index (χ4n) is 1.98.